The highest BCUT2D eigenvalue weighted by molar-refractivity contribution is 14.1. The van der Waals surface area contributed by atoms with E-state index < -0.39 is 17.8 Å². The van der Waals surface area contributed by atoms with Crippen LogP contribution in [0.2, 0.25) is 0 Å². The number of carbonyl (C=O) groups excluding carboxylic acids is 3. The Morgan fingerprint density at radius 3 is 2.33 bits per heavy atom. The van der Waals surface area contributed by atoms with Gasteiger partial charge in [0.25, 0.3) is 0 Å². The number of para-hydroxylation sites is 1. The van der Waals surface area contributed by atoms with Crippen molar-refractivity contribution in [1.29, 1.82) is 0 Å². The van der Waals surface area contributed by atoms with Gasteiger partial charge >= 0.3 is 17.8 Å². The van der Waals surface area contributed by atoms with Crippen molar-refractivity contribution in [3.8, 4) is 0 Å². The molecule has 6 heteroatoms. The van der Waals surface area contributed by atoms with Crippen LogP contribution in [0.1, 0.15) is 0 Å². The molecule has 1 aromatic carbocycles. The molecule has 1 aromatic rings. The molecule has 4 amide bonds. The Morgan fingerprint density at radius 1 is 1.13 bits per heavy atom. The Hall–Kier alpha value is -1.44. The van der Waals surface area contributed by atoms with E-state index in [9.17, 15) is 14.4 Å². The molecule has 2 rings (SSSR count). The number of nitrogens with zero attached hydrogens (tertiary/aromatic N) is 1. The molecule has 0 unspecified atom stereocenters. The molecule has 5 nitrogen and oxygen atoms in total. The van der Waals surface area contributed by atoms with E-state index in [2.05, 4.69) is 0 Å². The van der Waals surface area contributed by atoms with Crippen molar-refractivity contribution < 1.29 is 14.4 Å². The molecule has 1 saturated heterocycles. The van der Waals surface area contributed by atoms with E-state index >= 15 is 0 Å². The third-order valence-electron chi connectivity index (χ3n) is 1.91. The predicted molar refractivity (Wildman–Crippen MR) is 60.2 cm³/mol. The summed E-state index contributed by atoms with van der Waals surface area (Å²) in [5.41, 5.74) is 0.423. The maximum absolute atomic E-state index is 11.4. The molecule has 1 N–H and O–H groups in total. The fourth-order valence-electron chi connectivity index (χ4n) is 1.25. The van der Waals surface area contributed by atoms with Gasteiger partial charge in [-0.25, -0.2) is 9.69 Å². The van der Waals surface area contributed by atoms with E-state index in [1.54, 1.807) is 24.3 Å². The van der Waals surface area contributed by atoms with Crippen LogP contribution in [-0.4, -0.2) is 17.8 Å². The van der Waals surface area contributed by atoms with Gasteiger partial charge in [0.1, 0.15) is 0 Å². The smallest absolute Gasteiger partial charge is 0.269 e. The van der Waals surface area contributed by atoms with Crippen LogP contribution in [0.15, 0.2) is 24.3 Å². The van der Waals surface area contributed by atoms with Gasteiger partial charge in [-0.3, -0.25) is 14.9 Å². The molecule has 1 aliphatic rings. The molecule has 1 aliphatic heterocycles. The summed E-state index contributed by atoms with van der Waals surface area (Å²) in [4.78, 5) is 34.5. The van der Waals surface area contributed by atoms with Crippen LogP contribution in [0.4, 0.5) is 10.5 Å². The molecule has 0 spiro atoms. The zero-order valence-corrected chi connectivity index (χ0v) is 9.52. The molecular formula is C9H5IN2O3. The Bertz CT molecular complexity index is 472. The first-order chi connectivity index (χ1) is 7.11. The molecule has 0 aromatic heterocycles. The average Bonchev–Trinajstić information content (AvgIpc) is 2.43. The molecule has 0 bridgehead atoms. The van der Waals surface area contributed by atoms with Gasteiger partial charge in [0.15, 0.2) is 0 Å². The Morgan fingerprint density at radius 2 is 1.80 bits per heavy atom. The number of hydrogen-bond donors (Lipinski definition) is 1. The third kappa shape index (κ3) is 1.60. The lowest BCUT2D eigenvalue weighted by atomic mass is 10.3. The molecule has 0 radical (unpaired) electrons. The number of amides is 4. The molecular weight excluding hydrogens is 311 g/mol. The zero-order chi connectivity index (χ0) is 11.0. The number of anilines is 1. The predicted octanol–water partition coefficient (Wildman–Crippen LogP) is 0.874. The maximum atomic E-state index is 11.4. The van der Waals surface area contributed by atoms with Gasteiger partial charge in [-0.2, -0.15) is 0 Å². The Labute approximate surface area is 98.6 Å². The zero-order valence-electron chi connectivity index (χ0n) is 7.36. The van der Waals surface area contributed by atoms with Crippen molar-refractivity contribution >= 4 is 46.1 Å². The fourth-order valence-corrected chi connectivity index (χ4v) is 1.88. The van der Waals surface area contributed by atoms with Gasteiger partial charge in [-0.05, 0) is 34.7 Å². The summed E-state index contributed by atoms with van der Waals surface area (Å²) in [5, 5.41) is 1.94. The number of benzene rings is 1. The molecule has 0 atom stereocenters. The molecule has 1 fully saturated rings. The van der Waals surface area contributed by atoms with E-state index in [1.165, 1.54) is 0 Å². The van der Waals surface area contributed by atoms with Crippen LogP contribution in [0.3, 0.4) is 0 Å². The summed E-state index contributed by atoms with van der Waals surface area (Å²) in [5.74, 6) is -1.73. The molecule has 1 heterocycles. The van der Waals surface area contributed by atoms with Crippen molar-refractivity contribution in [2.24, 2.45) is 0 Å². The van der Waals surface area contributed by atoms with Crippen molar-refractivity contribution in [2.45, 2.75) is 0 Å². The highest BCUT2D eigenvalue weighted by Gasteiger charge is 2.38. The van der Waals surface area contributed by atoms with Crippen LogP contribution in [-0.2, 0) is 9.59 Å². The molecule has 0 aliphatic carbocycles. The summed E-state index contributed by atoms with van der Waals surface area (Å²) in [6.45, 7) is 0. The average molecular weight is 316 g/mol. The monoisotopic (exact) mass is 316 g/mol. The number of nitrogens with one attached hydrogen (secondary N) is 1. The second-order valence-corrected chi connectivity index (χ2v) is 4.01. The minimum atomic E-state index is -0.889. The maximum Gasteiger partial charge on any atom is 0.336 e. The summed E-state index contributed by atoms with van der Waals surface area (Å²) >= 11 is 1.99. The van der Waals surface area contributed by atoms with Crippen LogP contribution < -0.4 is 10.2 Å². The van der Waals surface area contributed by atoms with Crippen molar-refractivity contribution in [3.05, 3.63) is 27.8 Å². The lowest BCUT2D eigenvalue weighted by Crippen LogP contribution is -2.31. The highest BCUT2D eigenvalue weighted by Crippen LogP contribution is 2.23. The van der Waals surface area contributed by atoms with E-state index in [0.717, 1.165) is 8.47 Å². The first-order valence-corrected chi connectivity index (χ1v) is 5.13. The largest absolute Gasteiger partial charge is 0.336 e. The Balaban J connectivity index is 2.48. The summed E-state index contributed by atoms with van der Waals surface area (Å²) in [7, 11) is 0. The number of carbonyl (C=O) groups is 3. The highest BCUT2D eigenvalue weighted by atomic mass is 127. The van der Waals surface area contributed by atoms with Gasteiger partial charge in [-0.15, -0.1) is 0 Å². The molecule has 15 heavy (non-hydrogen) atoms. The van der Waals surface area contributed by atoms with Gasteiger partial charge in [0.2, 0.25) is 0 Å². The second kappa shape index (κ2) is 3.61. The third-order valence-corrected chi connectivity index (χ3v) is 2.83. The Kier molecular flexibility index (Phi) is 2.43. The van der Waals surface area contributed by atoms with Gasteiger partial charge in [0, 0.05) is 3.57 Å². The van der Waals surface area contributed by atoms with E-state index in [0.29, 0.717) is 5.69 Å². The van der Waals surface area contributed by atoms with Crippen LogP contribution in [0.25, 0.3) is 0 Å². The molecule has 0 saturated carbocycles. The van der Waals surface area contributed by atoms with Gasteiger partial charge < -0.3 is 0 Å². The number of rotatable bonds is 1. The fraction of sp³-hybridized carbons (Fsp3) is 0. The number of hydrogen-bond acceptors (Lipinski definition) is 3. The van der Waals surface area contributed by atoms with E-state index in [4.69, 9.17) is 0 Å². The van der Waals surface area contributed by atoms with Crippen LogP contribution in [0.5, 0.6) is 0 Å². The van der Waals surface area contributed by atoms with E-state index in [1.807, 2.05) is 27.9 Å². The number of halogens is 1. The van der Waals surface area contributed by atoms with E-state index in [-0.39, 0.29) is 0 Å². The molecule has 76 valence electrons. The van der Waals surface area contributed by atoms with Crippen molar-refractivity contribution in [1.82, 2.24) is 5.32 Å². The second-order valence-electron chi connectivity index (χ2n) is 2.85. The summed E-state index contributed by atoms with van der Waals surface area (Å²) in [6.07, 6.45) is 0. The first-order valence-electron chi connectivity index (χ1n) is 4.05. The van der Waals surface area contributed by atoms with Gasteiger partial charge in [-0.1, -0.05) is 12.1 Å². The quantitative estimate of drug-likeness (QED) is 0.475. The number of urea groups is 1. The topological polar surface area (TPSA) is 66.5 Å². The lowest BCUT2D eigenvalue weighted by Gasteiger charge is -2.12. The minimum absolute atomic E-state index is 0.423. The minimum Gasteiger partial charge on any atom is -0.269 e. The summed E-state index contributed by atoms with van der Waals surface area (Å²) in [6, 6.07) is 6.14. The van der Waals surface area contributed by atoms with Crippen molar-refractivity contribution in [2.75, 3.05) is 4.90 Å². The number of imide groups is 2. The normalized spacial score (nSPS) is 15.8. The van der Waals surface area contributed by atoms with Gasteiger partial charge in [0.05, 0.1) is 5.69 Å². The SMILES string of the molecule is O=C1NC(=O)N(c2ccccc2I)C1=O. The van der Waals surface area contributed by atoms with Crippen LogP contribution in [0, 0.1) is 3.57 Å². The standard InChI is InChI=1S/C9H5IN2O3/c10-5-3-1-2-4-6(5)12-8(14)7(13)11-9(12)15/h1-4H,(H,11,13,15). The lowest BCUT2D eigenvalue weighted by molar-refractivity contribution is -0.134. The summed E-state index contributed by atoms with van der Waals surface area (Å²) < 4.78 is 0.730. The first kappa shape index (κ1) is 10.1. The van der Waals surface area contributed by atoms with Crippen molar-refractivity contribution in [3.63, 3.8) is 0 Å². The van der Waals surface area contributed by atoms with Crippen LogP contribution >= 0.6 is 22.6 Å².